The van der Waals surface area contributed by atoms with E-state index in [2.05, 4.69) is 0 Å². The molecule has 1 rings (SSSR count). The average Bonchev–Trinajstić information content (AvgIpc) is 2.67. The molecular weight excluding hydrogens is 190 g/mol. The van der Waals surface area contributed by atoms with Gasteiger partial charge in [0.2, 0.25) is 0 Å². The molecule has 0 aromatic carbocycles. The van der Waals surface area contributed by atoms with Crippen LogP contribution in [0.15, 0.2) is 23.3 Å². The van der Waals surface area contributed by atoms with E-state index in [0.29, 0.717) is 11.3 Å². The van der Waals surface area contributed by atoms with Crippen LogP contribution in [-0.2, 0) is 0 Å². The molecule has 1 heterocycles. The molecule has 0 amide bonds. The van der Waals surface area contributed by atoms with Crippen molar-refractivity contribution in [3.63, 3.8) is 0 Å². The van der Waals surface area contributed by atoms with Crippen LogP contribution in [0.2, 0.25) is 0 Å². The maximum Gasteiger partial charge on any atom is 0.171 e. The molecule has 72 valence electrons. The predicted octanol–water partition coefficient (Wildman–Crippen LogP) is 4.40. The first kappa shape index (κ1) is 10.4. The van der Waals surface area contributed by atoms with E-state index >= 15 is 0 Å². The average molecular weight is 202 g/mol. The van der Waals surface area contributed by atoms with Crippen molar-refractivity contribution in [2.45, 2.75) is 20.3 Å². The summed E-state index contributed by atoms with van der Waals surface area (Å²) in [4.78, 5) is 0.373. The van der Waals surface area contributed by atoms with Gasteiger partial charge in [0.15, 0.2) is 5.83 Å². The first-order valence-electron chi connectivity index (χ1n) is 4.25. The first-order valence-corrected chi connectivity index (χ1v) is 5.13. The number of rotatable bonds is 3. The number of hydrogen-bond donors (Lipinski definition) is 0. The van der Waals surface area contributed by atoms with Gasteiger partial charge in [-0.2, -0.15) is 0 Å². The number of halogens is 2. The Hall–Kier alpha value is -0.700. The Balaban J connectivity index is 2.92. The van der Waals surface area contributed by atoms with Gasteiger partial charge in [0.25, 0.3) is 0 Å². The third-order valence-corrected chi connectivity index (χ3v) is 2.85. The SMILES string of the molecule is CCC(C)/C(F)=C(/F)c1cccs1. The van der Waals surface area contributed by atoms with Crippen LogP contribution in [0.1, 0.15) is 25.1 Å². The van der Waals surface area contributed by atoms with Crippen molar-refractivity contribution in [1.82, 2.24) is 0 Å². The fraction of sp³-hybridized carbons (Fsp3) is 0.400. The minimum atomic E-state index is -0.704. The van der Waals surface area contributed by atoms with Crippen LogP contribution in [0, 0.1) is 5.92 Å². The van der Waals surface area contributed by atoms with Crippen molar-refractivity contribution >= 4 is 17.2 Å². The second-order valence-corrected chi connectivity index (χ2v) is 3.90. The molecule has 0 radical (unpaired) electrons. The van der Waals surface area contributed by atoms with Gasteiger partial charge in [-0.3, -0.25) is 0 Å². The lowest BCUT2D eigenvalue weighted by Crippen LogP contribution is -1.94. The van der Waals surface area contributed by atoms with Gasteiger partial charge >= 0.3 is 0 Å². The standard InChI is InChI=1S/C10H12F2S/c1-3-7(2)9(11)10(12)8-5-4-6-13-8/h4-7H,3H2,1-2H3/b10-9-. The highest BCUT2D eigenvalue weighted by Gasteiger charge is 2.14. The molecule has 0 N–H and O–H groups in total. The van der Waals surface area contributed by atoms with Crippen LogP contribution in [-0.4, -0.2) is 0 Å². The highest BCUT2D eigenvalue weighted by molar-refractivity contribution is 7.11. The third-order valence-electron chi connectivity index (χ3n) is 1.99. The van der Waals surface area contributed by atoms with Gasteiger partial charge in [0.1, 0.15) is 5.83 Å². The number of hydrogen-bond acceptors (Lipinski definition) is 1. The molecule has 0 bridgehead atoms. The normalized spacial score (nSPS) is 15.4. The summed E-state index contributed by atoms with van der Waals surface area (Å²) >= 11 is 1.21. The van der Waals surface area contributed by atoms with Crippen molar-refractivity contribution < 1.29 is 8.78 Å². The molecule has 0 aliphatic rings. The lowest BCUT2D eigenvalue weighted by Gasteiger charge is -2.05. The largest absolute Gasteiger partial charge is 0.208 e. The van der Waals surface area contributed by atoms with Crippen LogP contribution < -0.4 is 0 Å². The summed E-state index contributed by atoms with van der Waals surface area (Å²) in [7, 11) is 0. The topological polar surface area (TPSA) is 0 Å². The van der Waals surface area contributed by atoms with E-state index < -0.39 is 11.7 Å². The van der Waals surface area contributed by atoms with Crippen molar-refractivity contribution in [2.75, 3.05) is 0 Å². The van der Waals surface area contributed by atoms with E-state index in [0.717, 1.165) is 0 Å². The quantitative estimate of drug-likeness (QED) is 0.681. The fourth-order valence-corrected chi connectivity index (χ4v) is 1.58. The Bertz CT molecular complexity index is 288. The number of thiophene rings is 1. The maximum atomic E-state index is 13.3. The molecule has 0 nitrogen and oxygen atoms in total. The van der Waals surface area contributed by atoms with E-state index in [9.17, 15) is 8.78 Å². The van der Waals surface area contributed by atoms with Crippen molar-refractivity contribution in [1.29, 1.82) is 0 Å². The number of allylic oxidation sites excluding steroid dienone is 1. The van der Waals surface area contributed by atoms with E-state index in [1.165, 1.54) is 11.3 Å². The van der Waals surface area contributed by atoms with Gasteiger partial charge in [-0.05, 0) is 17.9 Å². The Morgan fingerprint density at radius 2 is 2.23 bits per heavy atom. The Kier molecular flexibility index (Phi) is 3.60. The zero-order valence-corrected chi connectivity index (χ0v) is 8.50. The highest BCUT2D eigenvalue weighted by Crippen LogP contribution is 2.30. The summed E-state index contributed by atoms with van der Waals surface area (Å²) in [6.45, 7) is 3.52. The van der Waals surface area contributed by atoms with Crippen LogP contribution in [0.5, 0.6) is 0 Å². The molecule has 13 heavy (non-hydrogen) atoms. The minimum absolute atomic E-state index is 0.331. The van der Waals surface area contributed by atoms with E-state index in [1.54, 1.807) is 24.4 Å². The molecule has 0 aliphatic carbocycles. The summed E-state index contributed by atoms with van der Waals surface area (Å²) < 4.78 is 26.6. The molecule has 0 aliphatic heterocycles. The predicted molar refractivity (Wildman–Crippen MR) is 52.9 cm³/mol. The lowest BCUT2D eigenvalue weighted by atomic mass is 10.1. The Morgan fingerprint density at radius 1 is 1.54 bits per heavy atom. The van der Waals surface area contributed by atoms with Gasteiger partial charge < -0.3 is 0 Å². The van der Waals surface area contributed by atoms with Crippen molar-refractivity contribution in [2.24, 2.45) is 5.92 Å². The molecule has 1 unspecified atom stereocenters. The van der Waals surface area contributed by atoms with Crippen LogP contribution in [0.3, 0.4) is 0 Å². The Morgan fingerprint density at radius 3 is 2.69 bits per heavy atom. The van der Waals surface area contributed by atoms with Gasteiger partial charge in [-0.1, -0.05) is 19.9 Å². The second-order valence-electron chi connectivity index (χ2n) is 2.95. The van der Waals surface area contributed by atoms with Gasteiger partial charge in [-0.25, -0.2) is 8.78 Å². The second kappa shape index (κ2) is 4.51. The zero-order chi connectivity index (χ0) is 9.84. The third kappa shape index (κ3) is 2.37. The molecule has 1 aromatic rings. The van der Waals surface area contributed by atoms with Crippen LogP contribution in [0.25, 0.3) is 5.83 Å². The lowest BCUT2D eigenvalue weighted by molar-refractivity contribution is 0.470. The summed E-state index contributed by atoms with van der Waals surface area (Å²) in [6, 6.07) is 3.30. The summed E-state index contributed by atoms with van der Waals surface area (Å²) in [6.07, 6.45) is 0.616. The highest BCUT2D eigenvalue weighted by atomic mass is 32.1. The van der Waals surface area contributed by atoms with Gasteiger partial charge in [0, 0.05) is 5.92 Å². The van der Waals surface area contributed by atoms with Gasteiger partial charge in [0.05, 0.1) is 4.88 Å². The maximum absolute atomic E-state index is 13.3. The first-order chi connectivity index (χ1) is 6.16. The van der Waals surface area contributed by atoms with Crippen LogP contribution >= 0.6 is 11.3 Å². The minimum Gasteiger partial charge on any atom is -0.208 e. The molecule has 0 saturated carbocycles. The molecular formula is C10H12F2S. The smallest absolute Gasteiger partial charge is 0.171 e. The molecule has 3 heteroatoms. The molecule has 1 atom stereocenters. The molecule has 0 fully saturated rings. The monoisotopic (exact) mass is 202 g/mol. The molecule has 1 aromatic heterocycles. The zero-order valence-electron chi connectivity index (χ0n) is 7.68. The van der Waals surface area contributed by atoms with Crippen LogP contribution in [0.4, 0.5) is 8.78 Å². The summed E-state index contributed by atoms with van der Waals surface area (Å²) in [5, 5.41) is 1.73. The summed E-state index contributed by atoms with van der Waals surface area (Å²) in [5.74, 6) is -1.67. The van der Waals surface area contributed by atoms with E-state index in [1.807, 2.05) is 6.92 Å². The molecule has 0 saturated heterocycles. The fourth-order valence-electron chi connectivity index (χ4n) is 0.917. The van der Waals surface area contributed by atoms with Crippen molar-refractivity contribution in [3.8, 4) is 0 Å². The molecule has 0 spiro atoms. The van der Waals surface area contributed by atoms with E-state index in [4.69, 9.17) is 0 Å². The van der Waals surface area contributed by atoms with Gasteiger partial charge in [-0.15, -0.1) is 11.3 Å². The summed E-state index contributed by atoms with van der Waals surface area (Å²) in [5.41, 5.74) is 0. The van der Waals surface area contributed by atoms with E-state index in [-0.39, 0.29) is 5.92 Å². The van der Waals surface area contributed by atoms with Crippen molar-refractivity contribution in [3.05, 3.63) is 28.2 Å². The Labute approximate surface area is 80.9 Å².